The van der Waals surface area contributed by atoms with Gasteiger partial charge < -0.3 is 9.30 Å². The summed E-state index contributed by atoms with van der Waals surface area (Å²) in [4.78, 5) is 9.12. The molecule has 6 heteroatoms. The molecule has 0 aliphatic heterocycles. The molecule has 0 fully saturated rings. The molecule has 0 atom stereocenters. The third-order valence-corrected chi connectivity index (χ3v) is 5.26. The highest BCUT2D eigenvalue weighted by molar-refractivity contribution is 7.09. The van der Waals surface area contributed by atoms with Crippen LogP contribution >= 0.6 is 23.7 Å². The van der Waals surface area contributed by atoms with E-state index in [4.69, 9.17) is 4.74 Å². The van der Waals surface area contributed by atoms with Gasteiger partial charge in [-0.15, -0.1) is 23.7 Å². The van der Waals surface area contributed by atoms with E-state index in [0.29, 0.717) is 12.5 Å². The fourth-order valence-electron chi connectivity index (χ4n) is 2.90. The maximum absolute atomic E-state index is 6.03. The number of aryl methyl sites for hydroxylation is 2. The Morgan fingerprint density at radius 2 is 2.00 bits per heavy atom. The van der Waals surface area contributed by atoms with Crippen LogP contribution in [-0.4, -0.2) is 21.1 Å². The Hall–Kier alpha value is -1.59. The first kappa shape index (κ1) is 19.7. The van der Waals surface area contributed by atoms with Crippen molar-refractivity contribution in [2.75, 3.05) is 6.61 Å². The highest BCUT2D eigenvalue weighted by Crippen LogP contribution is 2.31. The standard InChI is InChI=1S/C19H25N3OS.ClH/c1-12(2)7-9-23-19-18-17(6-8-20-19)13(3)14(4)22(18)10-16-11-24-15(5)21-16;/h6,8,11-12H,7,9-10H2,1-5H3;1H. The number of halogens is 1. The van der Waals surface area contributed by atoms with Crippen molar-refractivity contribution < 1.29 is 4.74 Å². The van der Waals surface area contributed by atoms with Crippen LogP contribution in [0.15, 0.2) is 17.6 Å². The lowest BCUT2D eigenvalue weighted by Crippen LogP contribution is -2.07. The molecule has 3 rings (SSSR count). The molecule has 0 N–H and O–H groups in total. The molecule has 3 aromatic heterocycles. The molecule has 0 bridgehead atoms. The Kier molecular flexibility index (Phi) is 6.47. The molecule has 0 aliphatic rings. The maximum atomic E-state index is 6.03. The predicted octanol–water partition coefficient (Wildman–Crippen LogP) is 5.31. The van der Waals surface area contributed by atoms with Crippen molar-refractivity contribution in [1.29, 1.82) is 0 Å². The van der Waals surface area contributed by atoms with Gasteiger partial charge in [-0.1, -0.05) is 13.8 Å². The van der Waals surface area contributed by atoms with E-state index in [1.165, 1.54) is 16.6 Å². The van der Waals surface area contributed by atoms with E-state index >= 15 is 0 Å². The molecule has 0 spiro atoms. The van der Waals surface area contributed by atoms with Crippen molar-refractivity contribution >= 4 is 34.6 Å². The Morgan fingerprint density at radius 3 is 2.64 bits per heavy atom. The van der Waals surface area contributed by atoms with E-state index in [2.05, 4.69) is 53.7 Å². The molecule has 0 aromatic carbocycles. The number of thiazole rings is 1. The zero-order valence-electron chi connectivity index (χ0n) is 15.5. The summed E-state index contributed by atoms with van der Waals surface area (Å²) in [5.74, 6) is 1.36. The zero-order chi connectivity index (χ0) is 17.3. The van der Waals surface area contributed by atoms with Crippen LogP contribution in [0, 0.1) is 26.7 Å². The lowest BCUT2D eigenvalue weighted by atomic mass is 10.1. The third-order valence-electron chi connectivity index (χ3n) is 4.43. The maximum Gasteiger partial charge on any atom is 0.238 e. The van der Waals surface area contributed by atoms with Gasteiger partial charge in [0.2, 0.25) is 5.88 Å². The minimum Gasteiger partial charge on any atom is -0.476 e. The molecule has 0 unspecified atom stereocenters. The summed E-state index contributed by atoms with van der Waals surface area (Å²) in [6.07, 6.45) is 2.87. The summed E-state index contributed by atoms with van der Waals surface area (Å²) in [6, 6.07) is 2.08. The number of nitrogens with zero attached hydrogens (tertiary/aromatic N) is 3. The van der Waals surface area contributed by atoms with Crippen LogP contribution in [0.3, 0.4) is 0 Å². The topological polar surface area (TPSA) is 39.9 Å². The molecule has 136 valence electrons. The molecular weight excluding hydrogens is 354 g/mol. The van der Waals surface area contributed by atoms with Crippen molar-refractivity contribution in [3.05, 3.63) is 39.6 Å². The number of fused-ring (bicyclic) bond motifs is 1. The van der Waals surface area contributed by atoms with Gasteiger partial charge in [0.1, 0.15) is 5.52 Å². The first-order chi connectivity index (χ1) is 11.5. The summed E-state index contributed by atoms with van der Waals surface area (Å²) in [6.45, 7) is 12.2. The van der Waals surface area contributed by atoms with Crippen LogP contribution in [-0.2, 0) is 6.54 Å². The minimum atomic E-state index is 0. The van der Waals surface area contributed by atoms with E-state index in [0.717, 1.165) is 35.1 Å². The molecule has 0 saturated heterocycles. The van der Waals surface area contributed by atoms with Gasteiger partial charge in [0.25, 0.3) is 0 Å². The largest absolute Gasteiger partial charge is 0.476 e. The first-order valence-corrected chi connectivity index (χ1v) is 9.33. The molecular formula is C19H26ClN3OS. The van der Waals surface area contributed by atoms with E-state index in [-0.39, 0.29) is 12.4 Å². The molecule has 3 aromatic rings. The molecule has 0 radical (unpaired) electrons. The summed E-state index contributed by atoms with van der Waals surface area (Å²) < 4.78 is 8.32. The van der Waals surface area contributed by atoms with Gasteiger partial charge in [0, 0.05) is 22.7 Å². The van der Waals surface area contributed by atoms with Gasteiger partial charge in [-0.25, -0.2) is 9.97 Å². The van der Waals surface area contributed by atoms with Crippen molar-refractivity contribution in [2.45, 2.75) is 47.6 Å². The fourth-order valence-corrected chi connectivity index (χ4v) is 3.50. The molecule has 3 heterocycles. The predicted molar refractivity (Wildman–Crippen MR) is 107 cm³/mol. The summed E-state index contributed by atoms with van der Waals surface area (Å²) in [7, 11) is 0. The first-order valence-electron chi connectivity index (χ1n) is 8.45. The SMILES string of the molecule is Cc1nc(Cn2c(C)c(C)c3ccnc(OCCC(C)C)c32)cs1.Cl. The Morgan fingerprint density at radius 1 is 1.24 bits per heavy atom. The van der Waals surface area contributed by atoms with E-state index in [1.54, 1.807) is 11.3 Å². The Bertz CT molecular complexity index is 854. The monoisotopic (exact) mass is 379 g/mol. The molecule has 0 amide bonds. The van der Waals surface area contributed by atoms with Crippen LogP contribution in [0.5, 0.6) is 5.88 Å². The van der Waals surface area contributed by atoms with E-state index in [1.807, 2.05) is 13.1 Å². The number of aromatic nitrogens is 3. The van der Waals surface area contributed by atoms with Gasteiger partial charge >= 0.3 is 0 Å². The number of hydrogen-bond acceptors (Lipinski definition) is 4. The van der Waals surface area contributed by atoms with Gasteiger partial charge in [-0.2, -0.15) is 0 Å². The van der Waals surface area contributed by atoms with Crippen LogP contribution in [0.25, 0.3) is 10.9 Å². The van der Waals surface area contributed by atoms with Crippen LogP contribution in [0.1, 0.15) is 42.2 Å². The molecule has 0 aliphatic carbocycles. The quantitative estimate of drug-likeness (QED) is 0.582. The Balaban J connectivity index is 0.00000225. The third kappa shape index (κ3) is 4.15. The second kappa shape index (κ2) is 8.19. The molecule has 25 heavy (non-hydrogen) atoms. The smallest absolute Gasteiger partial charge is 0.238 e. The lowest BCUT2D eigenvalue weighted by Gasteiger charge is -2.11. The fraction of sp³-hybridized carbons (Fsp3) is 0.474. The van der Waals surface area contributed by atoms with Gasteiger partial charge in [-0.05, 0) is 44.7 Å². The minimum absolute atomic E-state index is 0. The molecule has 0 saturated carbocycles. The van der Waals surface area contributed by atoms with Crippen molar-refractivity contribution in [2.24, 2.45) is 5.92 Å². The number of pyridine rings is 1. The molecule has 4 nitrogen and oxygen atoms in total. The normalized spacial score (nSPS) is 11.1. The van der Waals surface area contributed by atoms with Crippen LogP contribution < -0.4 is 4.74 Å². The summed E-state index contributed by atoms with van der Waals surface area (Å²) >= 11 is 1.69. The van der Waals surface area contributed by atoms with Crippen LogP contribution in [0.4, 0.5) is 0 Å². The zero-order valence-corrected chi connectivity index (χ0v) is 17.1. The van der Waals surface area contributed by atoms with Crippen molar-refractivity contribution in [3.63, 3.8) is 0 Å². The summed E-state index contributed by atoms with van der Waals surface area (Å²) in [5, 5.41) is 4.45. The van der Waals surface area contributed by atoms with Gasteiger partial charge in [-0.3, -0.25) is 0 Å². The number of hydrogen-bond donors (Lipinski definition) is 0. The van der Waals surface area contributed by atoms with Gasteiger partial charge in [0.05, 0.1) is 23.9 Å². The second-order valence-electron chi connectivity index (χ2n) is 6.70. The van der Waals surface area contributed by atoms with E-state index < -0.39 is 0 Å². The van der Waals surface area contributed by atoms with Crippen molar-refractivity contribution in [3.8, 4) is 5.88 Å². The average Bonchev–Trinajstić information content (AvgIpc) is 3.05. The summed E-state index contributed by atoms with van der Waals surface area (Å²) in [5.41, 5.74) is 4.71. The van der Waals surface area contributed by atoms with E-state index in [9.17, 15) is 0 Å². The second-order valence-corrected chi connectivity index (χ2v) is 7.76. The van der Waals surface area contributed by atoms with Crippen molar-refractivity contribution in [1.82, 2.24) is 14.5 Å². The van der Waals surface area contributed by atoms with Gasteiger partial charge in [0.15, 0.2) is 0 Å². The number of ether oxygens (including phenoxy) is 1. The lowest BCUT2D eigenvalue weighted by molar-refractivity contribution is 0.281. The Labute approximate surface area is 159 Å². The highest BCUT2D eigenvalue weighted by atomic mass is 35.5. The number of rotatable bonds is 6. The highest BCUT2D eigenvalue weighted by Gasteiger charge is 2.17. The van der Waals surface area contributed by atoms with Crippen LogP contribution in [0.2, 0.25) is 0 Å². The average molecular weight is 380 g/mol.